The first kappa shape index (κ1) is 23.3. The van der Waals surface area contributed by atoms with E-state index < -0.39 is 11.6 Å². The van der Waals surface area contributed by atoms with E-state index in [4.69, 9.17) is 18.6 Å². The zero-order chi connectivity index (χ0) is 22.3. The third-order valence-corrected chi connectivity index (χ3v) is 4.17. The summed E-state index contributed by atoms with van der Waals surface area (Å²) in [5.74, 6) is -0.293. The van der Waals surface area contributed by atoms with Crippen LogP contribution in [0.3, 0.4) is 0 Å². The number of fused-ring (bicyclic) bond motifs is 1. The molecule has 0 saturated carbocycles. The van der Waals surface area contributed by atoms with Crippen LogP contribution in [0.2, 0.25) is 0 Å². The average Bonchev–Trinajstić information content (AvgIpc) is 2.64. The minimum absolute atomic E-state index is 0.172. The fraction of sp³-hybridized carbons (Fsp3) is 0.417. The number of para-hydroxylation sites is 1. The first-order chi connectivity index (χ1) is 14.2. The Morgan fingerprint density at radius 2 is 1.83 bits per heavy atom. The van der Waals surface area contributed by atoms with Crippen LogP contribution in [0.25, 0.3) is 11.0 Å². The SMILES string of the molecule is CC(=O)Oc1c(OC(C)C)c2cccc(OCC=C(C)CCC=C(C)C)c2oc1=O. The summed E-state index contributed by atoms with van der Waals surface area (Å²) in [4.78, 5) is 23.9. The van der Waals surface area contributed by atoms with Gasteiger partial charge in [-0.1, -0.05) is 23.3 Å². The Bertz CT molecular complexity index is 1010. The van der Waals surface area contributed by atoms with Crippen molar-refractivity contribution in [2.75, 3.05) is 6.61 Å². The van der Waals surface area contributed by atoms with Crippen LogP contribution in [0.5, 0.6) is 17.2 Å². The monoisotopic (exact) mass is 414 g/mol. The van der Waals surface area contributed by atoms with Crippen molar-refractivity contribution in [1.82, 2.24) is 0 Å². The molecule has 0 saturated heterocycles. The largest absolute Gasteiger partial charge is 0.486 e. The van der Waals surface area contributed by atoms with Gasteiger partial charge < -0.3 is 18.6 Å². The summed E-state index contributed by atoms with van der Waals surface area (Å²) >= 11 is 0. The second-order valence-corrected chi connectivity index (χ2v) is 7.62. The maximum absolute atomic E-state index is 12.5. The van der Waals surface area contributed by atoms with Crippen LogP contribution < -0.4 is 19.8 Å². The molecule has 30 heavy (non-hydrogen) atoms. The number of esters is 1. The quantitative estimate of drug-likeness (QED) is 0.303. The molecule has 6 heteroatoms. The fourth-order valence-electron chi connectivity index (χ4n) is 2.82. The summed E-state index contributed by atoms with van der Waals surface area (Å²) in [5, 5.41) is 0.501. The topological polar surface area (TPSA) is 75.0 Å². The van der Waals surface area contributed by atoms with Crippen LogP contribution in [0.4, 0.5) is 0 Å². The predicted molar refractivity (Wildman–Crippen MR) is 117 cm³/mol. The number of rotatable bonds is 9. The normalized spacial score (nSPS) is 11.5. The van der Waals surface area contributed by atoms with Crippen molar-refractivity contribution in [2.24, 2.45) is 0 Å². The lowest BCUT2D eigenvalue weighted by molar-refractivity contribution is -0.132. The molecule has 0 N–H and O–H groups in total. The summed E-state index contributed by atoms with van der Waals surface area (Å²) < 4.78 is 22.2. The van der Waals surface area contributed by atoms with Crippen molar-refractivity contribution < 1.29 is 23.4 Å². The summed E-state index contributed by atoms with van der Waals surface area (Å²) in [6.45, 7) is 11.4. The van der Waals surface area contributed by atoms with Crippen molar-refractivity contribution in [3.63, 3.8) is 0 Å². The Morgan fingerprint density at radius 3 is 2.47 bits per heavy atom. The highest BCUT2D eigenvalue weighted by atomic mass is 16.6. The molecule has 0 amide bonds. The highest BCUT2D eigenvalue weighted by Gasteiger charge is 2.22. The minimum Gasteiger partial charge on any atom is -0.486 e. The molecule has 0 bridgehead atoms. The highest BCUT2D eigenvalue weighted by Crippen LogP contribution is 2.37. The van der Waals surface area contributed by atoms with Gasteiger partial charge in [-0.3, -0.25) is 4.79 Å². The van der Waals surface area contributed by atoms with Gasteiger partial charge in [0.25, 0.3) is 5.75 Å². The zero-order valence-electron chi connectivity index (χ0n) is 18.5. The number of hydrogen-bond donors (Lipinski definition) is 0. The van der Waals surface area contributed by atoms with Crippen LogP contribution >= 0.6 is 0 Å². The Hall–Kier alpha value is -3.02. The number of hydrogen-bond acceptors (Lipinski definition) is 6. The van der Waals surface area contributed by atoms with Gasteiger partial charge >= 0.3 is 11.6 Å². The van der Waals surface area contributed by atoms with E-state index in [2.05, 4.69) is 26.8 Å². The second-order valence-electron chi connectivity index (χ2n) is 7.62. The third kappa shape index (κ3) is 6.51. The van der Waals surface area contributed by atoms with E-state index >= 15 is 0 Å². The molecule has 0 atom stereocenters. The number of benzene rings is 1. The molecule has 0 aliphatic carbocycles. The Labute approximate surface area is 177 Å². The molecule has 162 valence electrons. The van der Waals surface area contributed by atoms with Crippen LogP contribution in [0.1, 0.15) is 54.4 Å². The van der Waals surface area contributed by atoms with E-state index in [9.17, 15) is 9.59 Å². The van der Waals surface area contributed by atoms with Gasteiger partial charge in [0.05, 0.1) is 11.5 Å². The zero-order valence-corrected chi connectivity index (χ0v) is 18.5. The van der Waals surface area contributed by atoms with Crippen LogP contribution in [-0.4, -0.2) is 18.7 Å². The first-order valence-electron chi connectivity index (χ1n) is 10.1. The lowest BCUT2D eigenvalue weighted by atomic mass is 10.1. The van der Waals surface area contributed by atoms with Gasteiger partial charge in [-0.05, 0) is 65.7 Å². The van der Waals surface area contributed by atoms with Gasteiger partial charge in [-0.2, -0.15) is 0 Å². The summed E-state index contributed by atoms with van der Waals surface area (Å²) in [7, 11) is 0. The maximum Gasteiger partial charge on any atom is 0.383 e. The lowest BCUT2D eigenvalue weighted by Crippen LogP contribution is -2.16. The number of carbonyl (C=O) groups is 1. The Balaban J connectivity index is 2.34. The number of allylic oxidation sites excluding steroid dienone is 3. The molecule has 0 aliphatic rings. The lowest BCUT2D eigenvalue weighted by Gasteiger charge is -2.16. The highest BCUT2D eigenvalue weighted by molar-refractivity contribution is 5.90. The van der Waals surface area contributed by atoms with Gasteiger partial charge in [0.2, 0.25) is 0 Å². The molecule has 6 nitrogen and oxygen atoms in total. The van der Waals surface area contributed by atoms with Crippen LogP contribution in [0.15, 0.2) is 50.7 Å². The van der Waals surface area contributed by atoms with E-state index in [1.54, 1.807) is 18.2 Å². The van der Waals surface area contributed by atoms with E-state index in [0.29, 0.717) is 17.7 Å². The van der Waals surface area contributed by atoms with Crippen LogP contribution in [0, 0.1) is 0 Å². The maximum atomic E-state index is 12.5. The van der Waals surface area contributed by atoms with Crippen molar-refractivity contribution in [2.45, 2.75) is 60.5 Å². The predicted octanol–water partition coefficient (Wildman–Crippen LogP) is 5.58. The smallest absolute Gasteiger partial charge is 0.383 e. The Morgan fingerprint density at radius 1 is 1.10 bits per heavy atom. The summed E-state index contributed by atoms with van der Waals surface area (Å²) in [6, 6.07) is 5.23. The molecule has 0 radical (unpaired) electrons. The molecule has 2 rings (SSSR count). The molecule has 0 unspecified atom stereocenters. The minimum atomic E-state index is -0.794. The molecule has 0 fully saturated rings. The van der Waals surface area contributed by atoms with Gasteiger partial charge in [-0.25, -0.2) is 4.79 Å². The Kier molecular flexibility index (Phi) is 8.27. The van der Waals surface area contributed by atoms with E-state index in [-0.39, 0.29) is 23.2 Å². The molecule has 0 spiro atoms. The standard InChI is InChI=1S/C24H30O6/c1-15(2)9-7-10-17(5)13-14-27-20-12-8-11-19-21(20)30-24(26)23(29-18(6)25)22(19)28-16(3)4/h8-9,11-13,16H,7,10,14H2,1-6H3. The van der Waals surface area contributed by atoms with Gasteiger partial charge in [0.15, 0.2) is 17.1 Å². The molecule has 1 heterocycles. The molecule has 2 aromatic rings. The fourth-order valence-corrected chi connectivity index (χ4v) is 2.82. The second kappa shape index (κ2) is 10.7. The molecule has 1 aromatic heterocycles. The molecular weight excluding hydrogens is 384 g/mol. The van der Waals surface area contributed by atoms with E-state index in [0.717, 1.165) is 12.8 Å². The summed E-state index contributed by atoms with van der Waals surface area (Å²) in [6.07, 6.45) is 5.92. The van der Waals surface area contributed by atoms with Gasteiger partial charge in [0, 0.05) is 6.92 Å². The van der Waals surface area contributed by atoms with E-state index in [1.807, 2.05) is 19.9 Å². The molecule has 1 aromatic carbocycles. The molecule has 0 aliphatic heterocycles. The van der Waals surface area contributed by atoms with Crippen molar-refractivity contribution in [3.05, 3.63) is 51.9 Å². The van der Waals surface area contributed by atoms with Crippen molar-refractivity contribution in [3.8, 4) is 17.2 Å². The van der Waals surface area contributed by atoms with Crippen molar-refractivity contribution in [1.29, 1.82) is 0 Å². The van der Waals surface area contributed by atoms with Gasteiger partial charge in [0.1, 0.15) is 6.61 Å². The first-order valence-corrected chi connectivity index (χ1v) is 10.1. The number of ether oxygens (including phenoxy) is 3. The average molecular weight is 414 g/mol. The van der Waals surface area contributed by atoms with Crippen LogP contribution in [-0.2, 0) is 4.79 Å². The third-order valence-electron chi connectivity index (χ3n) is 4.17. The van der Waals surface area contributed by atoms with E-state index in [1.165, 1.54) is 18.1 Å². The molecular formula is C24H30O6. The number of carbonyl (C=O) groups excluding carboxylic acids is 1. The summed E-state index contributed by atoms with van der Waals surface area (Å²) in [5.41, 5.74) is 1.98. The van der Waals surface area contributed by atoms with Gasteiger partial charge in [-0.15, -0.1) is 0 Å². The van der Waals surface area contributed by atoms with Crippen molar-refractivity contribution >= 4 is 16.9 Å².